The topological polar surface area (TPSA) is 164 Å². The second-order valence-electron chi connectivity index (χ2n) is 20.8. The van der Waals surface area contributed by atoms with Crippen LogP contribution in [-0.2, 0) is 39.8 Å². The quantitative estimate of drug-likeness (QED) is 0.0852. The van der Waals surface area contributed by atoms with E-state index in [0.29, 0.717) is 0 Å². The van der Waals surface area contributed by atoms with Crippen molar-refractivity contribution in [3.05, 3.63) is 18.2 Å². The van der Waals surface area contributed by atoms with Crippen LogP contribution in [0.4, 0.5) is 9.59 Å². The molecule has 0 aliphatic heterocycles. The Kier molecular flexibility index (Phi) is 19.3. The molecule has 328 valence electrons. The number of hydrogen-bond donors (Lipinski definition) is 2. The number of alkyl carbamates (subject to hydrolysis) is 1. The standard InChI is InChI=1S/C44H78N4O9/c1-17-19-21-41(9,10)27-43(13,14)29-54-34(49)26-32(36(51)55-30-44(15,16)28-42(11,12)22-20-18-2)46-35(50)31(47-37(52)56-39(3,4)5)25-33-45-23-24-48(33)38(53)57-40(6,7)8/h23-24,31-32H,17-22,25-30H2,1-16H3,(H,46,50)(H,47,52)/t31-,32+/m0/s1. The summed E-state index contributed by atoms with van der Waals surface area (Å²) in [6.07, 6.45) is 8.36. The molecule has 0 bridgehead atoms. The highest BCUT2D eigenvalue weighted by molar-refractivity contribution is 5.91. The first-order valence-electron chi connectivity index (χ1n) is 20.8. The van der Waals surface area contributed by atoms with E-state index in [0.717, 1.165) is 55.9 Å². The Bertz CT molecular complexity index is 1460. The third-order valence-electron chi connectivity index (χ3n) is 9.23. The number of nitrogens with zero attached hydrogens (tertiary/aromatic N) is 2. The first kappa shape index (κ1) is 51.4. The summed E-state index contributed by atoms with van der Waals surface area (Å²) >= 11 is 0. The van der Waals surface area contributed by atoms with Crippen molar-refractivity contribution in [3.8, 4) is 0 Å². The van der Waals surface area contributed by atoms with Crippen LogP contribution in [0.2, 0.25) is 0 Å². The zero-order valence-electron chi connectivity index (χ0n) is 38.4. The van der Waals surface area contributed by atoms with E-state index in [2.05, 4.69) is 57.2 Å². The summed E-state index contributed by atoms with van der Waals surface area (Å²) in [4.78, 5) is 71.8. The van der Waals surface area contributed by atoms with Crippen LogP contribution in [0.3, 0.4) is 0 Å². The van der Waals surface area contributed by atoms with E-state index in [4.69, 9.17) is 18.9 Å². The van der Waals surface area contributed by atoms with Gasteiger partial charge in [0.25, 0.3) is 0 Å². The SMILES string of the molecule is CCCCC(C)(C)CC(C)(C)COC(=O)C[C@@H](NC(=O)[C@H](Cc1nccn1C(=O)OC(C)(C)C)NC(=O)OC(C)(C)C)C(=O)OCC(C)(C)CC(C)(C)CCCC. The van der Waals surface area contributed by atoms with Crippen LogP contribution in [0, 0.1) is 21.7 Å². The van der Waals surface area contributed by atoms with Gasteiger partial charge in [-0.1, -0.05) is 94.9 Å². The van der Waals surface area contributed by atoms with E-state index in [9.17, 15) is 24.0 Å². The molecule has 1 rings (SSSR count). The molecule has 0 radical (unpaired) electrons. The Hall–Kier alpha value is -3.64. The van der Waals surface area contributed by atoms with Crippen molar-refractivity contribution in [3.63, 3.8) is 0 Å². The van der Waals surface area contributed by atoms with Gasteiger partial charge in [0, 0.05) is 18.8 Å². The summed E-state index contributed by atoms with van der Waals surface area (Å²) < 4.78 is 23.7. The Balaban J connectivity index is 3.44. The molecule has 0 aromatic carbocycles. The molecule has 1 aromatic rings. The molecule has 0 saturated carbocycles. The maximum absolute atomic E-state index is 14.1. The third kappa shape index (κ3) is 21.6. The fourth-order valence-corrected chi connectivity index (χ4v) is 7.32. The summed E-state index contributed by atoms with van der Waals surface area (Å²) in [5.41, 5.74) is -2.42. The van der Waals surface area contributed by atoms with E-state index in [-0.39, 0.29) is 41.7 Å². The van der Waals surface area contributed by atoms with Crippen LogP contribution in [0.1, 0.15) is 174 Å². The minimum absolute atomic E-state index is 0.00675. The number of nitrogens with one attached hydrogen (secondary N) is 2. The van der Waals surface area contributed by atoms with Crippen molar-refractivity contribution < 1.29 is 42.9 Å². The number of carbonyl (C=O) groups is 5. The number of imidazole rings is 1. The Labute approximate surface area is 343 Å². The van der Waals surface area contributed by atoms with Crippen LogP contribution in [0.5, 0.6) is 0 Å². The second kappa shape index (κ2) is 21.4. The van der Waals surface area contributed by atoms with Crippen molar-refractivity contribution in [1.29, 1.82) is 0 Å². The lowest BCUT2D eigenvalue weighted by Crippen LogP contribution is -2.54. The largest absolute Gasteiger partial charge is 0.465 e. The van der Waals surface area contributed by atoms with Crippen LogP contribution in [0.25, 0.3) is 0 Å². The molecule has 0 fully saturated rings. The molecule has 1 heterocycles. The first-order valence-corrected chi connectivity index (χ1v) is 20.8. The van der Waals surface area contributed by atoms with E-state index in [1.54, 1.807) is 41.5 Å². The molecule has 2 atom stereocenters. The van der Waals surface area contributed by atoms with Gasteiger partial charge in [0.2, 0.25) is 5.91 Å². The minimum atomic E-state index is -1.45. The Morgan fingerprint density at radius 1 is 0.667 bits per heavy atom. The summed E-state index contributed by atoms with van der Waals surface area (Å²) in [6, 6.07) is -2.85. The highest BCUT2D eigenvalue weighted by Crippen LogP contribution is 2.39. The predicted molar refractivity (Wildman–Crippen MR) is 223 cm³/mol. The minimum Gasteiger partial charge on any atom is -0.465 e. The van der Waals surface area contributed by atoms with Crippen molar-refractivity contribution >= 4 is 30.0 Å². The summed E-state index contributed by atoms with van der Waals surface area (Å²) in [7, 11) is 0. The van der Waals surface area contributed by atoms with Gasteiger partial charge in [-0.3, -0.25) is 9.59 Å². The van der Waals surface area contributed by atoms with Gasteiger partial charge in [-0.15, -0.1) is 0 Å². The normalized spacial score (nSPS) is 14.0. The molecule has 0 saturated heterocycles. The third-order valence-corrected chi connectivity index (χ3v) is 9.23. The maximum Gasteiger partial charge on any atom is 0.419 e. The first-order chi connectivity index (χ1) is 25.9. The fourth-order valence-electron chi connectivity index (χ4n) is 7.32. The Morgan fingerprint density at radius 3 is 1.63 bits per heavy atom. The molecule has 2 amide bonds. The molecular formula is C44H78N4O9. The van der Waals surface area contributed by atoms with Crippen molar-refractivity contribution in [2.24, 2.45) is 21.7 Å². The zero-order valence-corrected chi connectivity index (χ0v) is 38.4. The molecule has 13 nitrogen and oxygen atoms in total. The highest BCUT2D eigenvalue weighted by Gasteiger charge is 2.36. The van der Waals surface area contributed by atoms with Gasteiger partial charge in [-0.05, 0) is 88.9 Å². The molecule has 0 unspecified atom stereocenters. The predicted octanol–water partition coefficient (Wildman–Crippen LogP) is 9.33. The lowest BCUT2D eigenvalue weighted by atomic mass is 9.73. The Morgan fingerprint density at radius 2 is 1.16 bits per heavy atom. The number of amides is 2. The van der Waals surface area contributed by atoms with Crippen LogP contribution in [-0.4, -0.2) is 76.1 Å². The van der Waals surface area contributed by atoms with Crippen molar-refractivity contribution in [2.75, 3.05) is 13.2 Å². The average Bonchev–Trinajstić information content (AvgIpc) is 3.49. The highest BCUT2D eigenvalue weighted by atomic mass is 16.6. The molecule has 0 spiro atoms. The van der Waals surface area contributed by atoms with Gasteiger partial charge >= 0.3 is 24.1 Å². The number of unbranched alkanes of at least 4 members (excludes halogenated alkanes) is 2. The zero-order chi connectivity index (χ0) is 44.0. The molecule has 13 heteroatoms. The van der Waals surface area contributed by atoms with Gasteiger partial charge in [0.15, 0.2) is 0 Å². The summed E-state index contributed by atoms with van der Waals surface area (Å²) in [5.74, 6) is -2.22. The van der Waals surface area contributed by atoms with Gasteiger partial charge in [0.1, 0.15) is 29.1 Å². The van der Waals surface area contributed by atoms with Crippen LogP contribution in [0.15, 0.2) is 12.4 Å². The number of ether oxygens (including phenoxy) is 4. The van der Waals surface area contributed by atoms with Gasteiger partial charge < -0.3 is 29.6 Å². The van der Waals surface area contributed by atoms with Crippen molar-refractivity contribution in [1.82, 2.24) is 20.2 Å². The summed E-state index contributed by atoms with van der Waals surface area (Å²) in [6.45, 7) is 31.6. The lowest BCUT2D eigenvalue weighted by molar-refractivity contribution is -0.157. The molecule has 1 aromatic heterocycles. The molecule has 57 heavy (non-hydrogen) atoms. The van der Waals surface area contributed by atoms with Gasteiger partial charge in [-0.2, -0.15) is 0 Å². The van der Waals surface area contributed by atoms with E-state index < -0.39 is 65.2 Å². The van der Waals surface area contributed by atoms with Gasteiger partial charge in [0.05, 0.1) is 19.6 Å². The lowest BCUT2D eigenvalue weighted by Gasteiger charge is -2.35. The van der Waals surface area contributed by atoms with Crippen LogP contribution < -0.4 is 10.6 Å². The molecule has 2 N–H and O–H groups in total. The summed E-state index contributed by atoms with van der Waals surface area (Å²) in [5, 5.41) is 5.21. The van der Waals surface area contributed by atoms with E-state index in [1.807, 2.05) is 27.7 Å². The number of carbonyl (C=O) groups excluding carboxylic acids is 5. The average molecular weight is 807 g/mol. The van der Waals surface area contributed by atoms with Gasteiger partial charge in [-0.25, -0.2) is 23.9 Å². The monoisotopic (exact) mass is 807 g/mol. The molecule has 0 aliphatic rings. The molecular weight excluding hydrogens is 729 g/mol. The van der Waals surface area contributed by atoms with E-state index >= 15 is 0 Å². The number of esters is 2. The number of aromatic nitrogens is 2. The van der Waals surface area contributed by atoms with Crippen LogP contribution >= 0.6 is 0 Å². The molecule has 0 aliphatic carbocycles. The number of rotatable bonds is 22. The second-order valence-corrected chi connectivity index (χ2v) is 20.8. The number of hydrogen-bond acceptors (Lipinski definition) is 10. The van der Waals surface area contributed by atoms with E-state index in [1.165, 1.54) is 12.4 Å². The smallest absolute Gasteiger partial charge is 0.419 e. The fraction of sp³-hybridized carbons (Fsp3) is 0.818. The van der Waals surface area contributed by atoms with Crippen molar-refractivity contribution in [2.45, 2.75) is 198 Å². The maximum atomic E-state index is 14.1.